The van der Waals surface area contributed by atoms with E-state index in [1.807, 2.05) is 19.2 Å². The highest BCUT2D eigenvalue weighted by atomic mass is 16.5. The van der Waals surface area contributed by atoms with E-state index in [1.165, 1.54) is 11.1 Å². The molecular weight excluding hydrogens is 402 g/mol. The summed E-state index contributed by atoms with van der Waals surface area (Å²) in [6.45, 7) is 11.5. The second kappa shape index (κ2) is 12.6. The minimum atomic E-state index is 0.184. The number of aliphatic imine (C=N–C) groups is 1. The number of morpholine rings is 1. The topological polar surface area (TPSA) is 65.3 Å². The summed E-state index contributed by atoms with van der Waals surface area (Å²) in [4.78, 5) is 9.15. The van der Waals surface area contributed by atoms with E-state index < -0.39 is 0 Å². The molecule has 32 heavy (non-hydrogen) atoms. The summed E-state index contributed by atoms with van der Waals surface area (Å²) >= 11 is 0. The minimum Gasteiger partial charge on any atom is -0.468 e. The van der Waals surface area contributed by atoms with Crippen molar-refractivity contribution in [1.29, 1.82) is 0 Å². The van der Waals surface area contributed by atoms with Crippen molar-refractivity contribution in [3.63, 3.8) is 0 Å². The number of hydrogen-bond acceptors (Lipinski definition) is 5. The van der Waals surface area contributed by atoms with Gasteiger partial charge in [-0.1, -0.05) is 38.1 Å². The summed E-state index contributed by atoms with van der Waals surface area (Å²) in [5, 5.41) is 6.90. The first-order valence-electron chi connectivity index (χ1n) is 11.6. The van der Waals surface area contributed by atoms with Crippen molar-refractivity contribution in [2.45, 2.75) is 39.6 Å². The quantitative estimate of drug-likeness (QED) is 0.437. The zero-order valence-electron chi connectivity index (χ0n) is 20.0. The van der Waals surface area contributed by atoms with Crippen molar-refractivity contribution in [2.24, 2.45) is 10.9 Å². The summed E-state index contributed by atoms with van der Waals surface area (Å²) in [5.74, 6) is 2.45. The van der Waals surface area contributed by atoms with E-state index in [0.29, 0.717) is 5.92 Å². The third kappa shape index (κ3) is 7.97. The van der Waals surface area contributed by atoms with Crippen molar-refractivity contribution in [3.8, 4) is 0 Å². The lowest BCUT2D eigenvalue weighted by atomic mass is 10.1. The van der Waals surface area contributed by atoms with Crippen LogP contribution in [0.1, 0.15) is 30.7 Å². The van der Waals surface area contributed by atoms with Crippen LogP contribution in [-0.2, 0) is 24.4 Å². The summed E-state index contributed by atoms with van der Waals surface area (Å²) in [7, 11) is 3.92. The fourth-order valence-corrected chi connectivity index (χ4v) is 4.10. The Morgan fingerprint density at radius 1 is 1.16 bits per heavy atom. The van der Waals surface area contributed by atoms with Gasteiger partial charge in [0.15, 0.2) is 5.96 Å². The van der Waals surface area contributed by atoms with Crippen LogP contribution >= 0.6 is 0 Å². The standard InChI is InChI=1S/C25H39N5O2/c1-20(2)16-30-11-13-32-24(19-30)15-28-25(26-3)27-14-21-8-5-6-9-22(21)17-29(4)18-23-10-7-12-31-23/h5-10,12,20,24H,11,13-19H2,1-4H3,(H2,26,27,28). The van der Waals surface area contributed by atoms with Gasteiger partial charge >= 0.3 is 0 Å². The lowest BCUT2D eigenvalue weighted by Gasteiger charge is -2.34. The Balaban J connectivity index is 1.47. The molecule has 1 atom stereocenters. The molecule has 1 saturated heterocycles. The maximum atomic E-state index is 5.95. The van der Waals surface area contributed by atoms with Crippen molar-refractivity contribution >= 4 is 5.96 Å². The largest absolute Gasteiger partial charge is 0.468 e. The lowest BCUT2D eigenvalue weighted by Crippen LogP contribution is -2.50. The van der Waals surface area contributed by atoms with Crippen LogP contribution in [0.2, 0.25) is 0 Å². The van der Waals surface area contributed by atoms with E-state index in [9.17, 15) is 0 Å². The number of furan rings is 1. The summed E-state index contributed by atoms with van der Waals surface area (Å²) < 4.78 is 11.4. The number of rotatable bonds is 10. The molecule has 3 rings (SSSR count). The fraction of sp³-hybridized carbons (Fsp3) is 0.560. The van der Waals surface area contributed by atoms with E-state index in [0.717, 1.165) is 64.1 Å². The second-order valence-electron chi connectivity index (χ2n) is 8.97. The SMILES string of the molecule is CN=C(NCc1ccccc1CN(C)Cc1ccco1)NCC1CN(CC(C)C)CCO1. The van der Waals surface area contributed by atoms with Crippen LogP contribution in [0.4, 0.5) is 0 Å². The molecule has 0 aliphatic carbocycles. The van der Waals surface area contributed by atoms with Gasteiger partial charge < -0.3 is 19.8 Å². The van der Waals surface area contributed by atoms with Crippen LogP contribution in [0.25, 0.3) is 0 Å². The monoisotopic (exact) mass is 441 g/mol. The number of ether oxygens (including phenoxy) is 1. The van der Waals surface area contributed by atoms with Gasteiger partial charge in [-0.3, -0.25) is 14.8 Å². The van der Waals surface area contributed by atoms with E-state index in [1.54, 1.807) is 6.26 Å². The first-order chi connectivity index (χ1) is 15.5. The highest BCUT2D eigenvalue weighted by molar-refractivity contribution is 5.79. The molecule has 0 amide bonds. The number of nitrogens with zero attached hydrogens (tertiary/aromatic N) is 3. The van der Waals surface area contributed by atoms with E-state index in [2.05, 4.69) is 70.6 Å². The Bertz CT molecular complexity index is 821. The molecular formula is C25H39N5O2. The number of guanidine groups is 1. The molecule has 1 fully saturated rings. The number of benzene rings is 1. The van der Waals surface area contributed by atoms with Gasteiger partial charge in [-0.15, -0.1) is 0 Å². The summed E-state index contributed by atoms with van der Waals surface area (Å²) in [5.41, 5.74) is 2.56. The van der Waals surface area contributed by atoms with Gasteiger partial charge in [-0.05, 0) is 36.2 Å². The average Bonchev–Trinajstić information content (AvgIpc) is 3.27. The van der Waals surface area contributed by atoms with Crippen molar-refractivity contribution < 1.29 is 9.15 Å². The third-order valence-corrected chi connectivity index (χ3v) is 5.58. The molecule has 2 N–H and O–H groups in total. The Kier molecular flexibility index (Phi) is 9.59. The second-order valence-corrected chi connectivity index (χ2v) is 8.97. The van der Waals surface area contributed by atoms with Crippen LogP contribution < -0.4 is 10.6 Å². The van der Waals surface area contributed by atoms with Crippen molar-refractivity contribution in [3.05, 3.63) is 59.5 Å². The van der Waals surface area contributed by atoms with Gasteiger partial charge in [-0.25, -0.2) is 0 Å². The Morgan fingerprint density at radius 3 is 2.69 bits per heavy atom. The minimum absolute atomic E-state index is 0.184. The normalized spacial score (nSPS) is 17.8. The van der Waals surface area contributed by atoms with Crippen LogP contribution in [0.3, 0.4) is 0 Å². The zero-order chi connectivity index (χ0) is 22.8. The van der Waals surface area contributed by atoms with Gasteiger partial charge in [0.05, 0.1) is 25.5 Å². The van der Waals surface area contributed by atoms with Crippen LogP contribution in [0, 0.1) is 5.92 Å². The molecule has 1 aromatic carbocycles. The summed E-state index contributed by atoms with van der Waals surface area (Å²) in [6, 6.07) is 12.5. The van der Waals surface area contributed by atoms with Crippen LogP contribution in [-0.4, -0.2) is 68.7 Å². The Hall–Kier alpha value is -2.35. The first-order valence-corrected chi connectivity index (χ1v) is 11.6. The van der Waals surface area contributed by atoms with Crippen LogP contribution in [0.5, 0.6) is 0 Å². The molecule has 2 heterocycles. The molecule has 1 aromatic heterocycles. The predicted octanol–water partition coefficient (Wildman–Crippen LogP) is 2.93. The maximum absolute atomic E-state index is 5.95. The molecule has 0 bridgehead atoms. The highest BCUT2D eigenvalue weighted by Crippen LogP contribution is 2.13. The molecule has 2 aromatic rings. The van der Waals surface area contributed by atoms with Crippen molar-refractivity contribution in [1.82, 2.24) is 20.4 Å². The smallest absolute Gasteiger partial charge is 0.191 e. The molecule has 1 aliphatic heterocycles. The first kappa shape index (κ1) is 24.3. The van der Waals surface area contributed by atoms with Gasteiger partial charge in [0.1, 0.15) is 5.76 Å². The molecule has 7 nitrogen and oxygen atoms in total. The number of nitrogens with one attached hydrogen (secondary N) is 2. The van der Waals surface area contributed by atoms with Gasteiger partial charge in [0.25, 0.3) is 0 Å². The Morgan fingerprint density at radius 2 is 1.97 bits per heavy atom. The number of hydrogen-bond donors (Lipinski definition) is 2. The predicted molar refractivity (Wildman–Crippen MR) is 130 cm³/mol. The molecule has 0 spiro atoms. The van der Waals surface area contributed by atoms with Gasteiger partial charge in [0, 0.05) is 46.3 Å². The molecule has 7 heteroatoms. The Labute approximate surface area is 192 Å². The molecule has 1 aliphatic rings. The van der Waals surface area contributed by atoms with Gasteiger partial charge in [-0.2, -0.15) is 0 Å². The fourth-order valence-electron chi connectivity index (χ4n) is 4.10. The van der Waals surface area contributed by atoms with E-state index >= 15 is 0 Å². The molecule has 0 saturated carbocycles. The zero-order valence-corrected chi connectivity index (χ0v) is 20.0. The van der Waals surface area contributed by atoms with Gasteiger partial charge in [0.2, 0.25) is 0 Å². The molecule has 176 valence electrons. The molecule has 1 unspecified atom stereocenters. The third-order valence-electron chi connectivity index (χ3n) is 5.58. The highest BCUT2D eigenvalue weighted by Gasteiger charge is 2.21. The maximum Gasteiger partial charge on any atom is 0.191 e. The summed E-state index contributed by atoms with van der Waals surface area (Å²) in [6.07, 6.45) is 1.91. The lowest BCUT2D eigenvalue weighted by molar-refractivity contribution is -0.0284. The molecule has 0 radical (unpaired) electrons. The van der Waals surface area contributed by atoms with Crippen molar-refractivity contribution in [2.75, 3.05) is 46.9 Å². The average molecular weight is 442 g/mol. The van der Waals surface area contributed by atoms with E-state index in [4.69, 9.17) is 9.15 Å². The van der Waals surface area contributed by atoms with E-state index in [-0.39, 0.29) is 6.10 Å². The van der Waals surface area contributed by atoms with Crippen LogP contribution in [0.15, 0.2) is 52.1 Å².